The highest BCUT2D eigenvalue weighted by molar-refractivity contribution is 7.92. The van der Waals surface area contributed by atoms with Gasteiger partial charge < -0.3 is 10.6 Å². The van der Waals surface area contributed by atoms with Crippen LogP contribution in [0.2, 0.25) is 0 Å². The molecule has 7 nitrogen and oxygen atoms in total. The molecule has 0 spiro atoms. The van der Waals surface area contributed by atoms with Crippen molar-refractivity contribution in [1.29, 1.82) is 0 Å². The molecule has 0 heterocycles. The first-order valence-corrected chi connectivity index (χ1v) is 13.7. The zero-order chi connectivity index (χ0) is 26.5. The molecule has 2 amide bonds. The first kappa shape index (κ1) is 26.9. The molecular formula is C28H33N3O4S. The van der Waals surface area contributed by atoms with E-state index in [4.69, 9.17) is 0 Å². The van der Waals surface area contributed by atoms with Crippen molar-refractivity contribution in [3.8, 4) is 0 Å². The topological polar surface area (TPSA) is 95.6 Å². The number of carbonyl (C=O) groups excluding carboxylic acids is 2. The maximum Gasteiger partial charge on any atom is 0.255 e. The van der Waals surface area contributed by atoms with Crippen LogP contribution in [-0.4, -0.2) is 32.5 Å². The number of carbonyl (C=O) groups is 2. The molecule has 3 aromatic carbocycles. The van der Waals surface area contributed by atoms with Crippen molar-refractivity contribution in [3.05, 3.63) is 94.5 Å². The zero-order valence-electron chi connectivity index (χ0n) is 21.3. The number of anilines is 2. The number of rotatable bonds is 9. The minimum atomic E-state index is -3.52. The van der Waals surface area contributed by atoms with Gasteiger partial charge in [0.1, 0.15) is 0 Å². The fraction of sp³-hybridized carbons (Fsp3) is 0.286. The van der Waals surface area contributed by atoms with E-state index in [1.807, 2.05) is 39.8 Å². The minimum absolute atomic E-state index is 0.0177. The van der Waals surface area contributed by atoms with E-state index in [9.17, 15) is 18.0 Å². The van der Waals surface area contributed by atoms with Crippen molar-refractivity contribution in [2.45, 2.75) is 46.7 Å². The molecule has 3 aromatic rings. The Morgan fingerprint density at radius 1 is 0.917 bits per heavy atom. The van der Waals surface area contributed by atoms with Gasteiger partial charge in [-0.05, 0) is 80.3 Å². The Bertz CT molecular complexity index is 1350. The molecule has 0 aliphatic heterocycles. The molecule has 0 saturated carbocycles. The Balaban J connectivity index is 1.77. The highest BCUT2D eigenvalue weighted by Crippen LogP contribution is 2.24. The number of para-hydroxylation sites is 1. The Morgan fingerprint density at radius 2 is 1.58 bits per heavy atom. The lowest BCUT2D eigenvalue weighted by molar-refractivity contribution is 0.0940. The van der Waals surface area contributed by atoms with E-state index in [1.165, 1.54) is 10.6 Å². The molecule has 1 atom stereocenters. The summed E-state index contributed by atoms with van der Waals surface area (Å²) in [4.78, 5) is 25.5. The standard InChI is InChI=1S/C28H33N3O4S/c1-6-21(4)29-28(33)25-9-7-8-10-26(25)30-27(32)23-14-12-22(13-15-23)18-31(36(5,34)35)24-16-11-19(2)20(3)17-24/h7-17,21H,6,18H2,1-5H3,(H,29,33)(H,30,32)/t21-/m1/s1. The highest BCUT2D eigenvalue weighted by atomic mass is 32.2. The Kier molecular flexibility index (Phi) is 8.53. The maximum absolute atomic E-state index is 12.9. The third kappa shape index (κ3) is 6.73. The van der Waals surface area contributed by atoms with Crippen LogP contribution < -0.4 is 14.9 Å². The number of hydrogen-bond donors (Lipinski definition) is 2. The van der Waals surface area contributed by atoms with Gasteiger partial charge in [-0.1, -0.05) is 37.3 Å². The summed E-state index contributed by atoms with van der Waals surface area (Å²) >= 11 is 0. The van der Waals surface area contributed by atoms with E-state index in [0.717, 1.165) is 23.1 Å². The van der Waals surface area contributed by atoms with Crippen LogP contribution in [0.3, 0.4) is 0 Å². The molecule has 0 aliphatic carbocycles. The molecule has 0 bridgehead atoms. The first-order valence-electron chi connectivity index (χ1n) is 11.8. The summed E-state index contributed by atoms with van der Waals surface area (Å²) in [6.45, 7) is 7.97. The number of nitrogens with zero attached hydrogens (tertiary/aromatic N) is 1. The summed E-state index contributed by atoms with van der Waals surface area (Å²) < 4.78 is 26.4. The largest absolute Gasteiger partial charge is 0.350 e. The SMILES string of the molecule is CC[C@@H](C)NC(=O)c1ccccc1NC(=O)c1ccc(CN(c2ccc(C)c(C)c2)S(C)(=O)=O)cc1. The number of hydrogen-bond acceptors (Lipinski definition) is 4. The van der Waals surface area contributed by atoms with Crippen LogP contribution in [-0.2, 0) is 16.6 Å². The third-order valence-corrected chi connectivity index (χ3v) is 7.27. The van der Waals surface area contributed by atoms with E-state index in [1.54, 1.807) is 54.6 Å². The Labute approximate surface area is 213 Å². The summed E-state index contributed by atoms with van der Waals surface area (Å²) in [5, 5.41) is 5.73. The molecule has 0 radical (unpaired) electrons. The smallest absolute Gasteiger partial charge is 0.255 e. The average molecular weight is 508 g/mol. The number of aryl methyl sites for hydroxylation is 2. The van der Waals surface area contributed by atoms with Crippen LogP contribution >= 0.6 is 0 Å². The van der Waals surface area contributed by atoms with E-state index >= 15 is 0 Å². The van der Waals surface area contributed by atoms with Crippen molar-refractivity contribution >= 4 is 33.2 Å². The van der Waals surface area contributed by atoms with E-state index in [2.05, 4.69) is 10.6 Å². The van der Waals surface area contributed by atoms with Crippen molar-refractivity contribution in [1.82, 2.24) is 5.32 Å². The van der Waals surface area contributed by atoms with E-state index in [0.29, 0.717) is 22.5 Å². The van der Waals surface area contributed by atoms with Crippen molar-refractivity contribution in [3.63, 3.8) is 0 Å². The highest BCUT2D eigenvalue weighted by Gasteiger charge is 2.19. The van der Waals surface area contributed by atoms with Gasteiger partial charge >= 0.3 is 0 Å². The Hall–Kier alpha value is -3.65. The van der Waals surface area contributed by atoms with Crippen LogP contribution in [0.25, 0.3) is 0 Å². The molecule has 0 saturated heterocycles. The lowest BCUT2D eigenvalue weighted by Gasteiger charge is -2.23. The Morgan fingerprint density at radius 3 is 2.19 bits per heavy atom. The number of benzene rings is 3. The quantitative estimate of drug-likeness (QED) is 0.424. The third-order valence-electron chi connectivity index (χ3n) is 6.13. The molecule has 0 aliphatic rings. The first-order chi connectivity index (χ1) is 17.0. The number of amides is 2. The molecule has 36 heavy (non-hydrogen) atoms. The predicted octanol–water partition coefficient (Wildman–Crippen LogP) is 5.05. The van der Waals surface area contributed by atoms with E-state index < -0.39 is 10.0 Å². The van der Waals surface area contributed by atoms with Gasteiger partial charge in [0.2, 0.25) is 10.0 Å². The van der Waals surface area contributed by atoms with Gasteiger partial charge in [-0.3, -0.25) is 13.9 Å². The monoisotopic (exact) mass is 507 g/mol. The maximum atomic E-state index is 12.9. The summed E-state index contributed by atoms with van der Waals surface area (Å²) in [5.74, 6) is -0.609. The van der Waals surface area contributed by atoms with Crippen LogP contribution in [0.4, 0.5) is 11.4 Å². The lowest BCUT2D eigenvalue weighted by Crippen LogP contribution is -2.32. The molecule has 2 N–H and O–H groups in total. The normalized spacial score (nSPS) is 12.0. The second-order valence-electron chi connectivity index (χ2n) is 9.02. The van der Waals surface area contributed by atoms with Gasteiger partial charge in [-0.25, -0.2) is 8.42 Å². The second-order valence-corrected chi connectivity index (χ2v) is 10.9. The van der Waals surface area contributed by atoms with Crippen LogP contribution in [0.1, 0.15) is 57.7 Å². The van der Waals surface area contributed by atoms with Gasteiger partial charge in [0, 0.05) is 11.6 Å². The fourth-order valence-electron chi connectivity index (χ4n) is 3.60. The van der Waals surface area contributed by atoms with Crippen molar-refractivity contribution in [2.24, 2.45) is 0 Å². The van der Waals surface area contributed by atoms with Gasteiger partial charge in [-0.2, -0.15) is 0 Å². The number of sulfonamides is 1. The molecule has 8 heteroatoms. The van der Waals surface area contributed by atoms with Gasteiger partial charge in [0.05, 0.1) is 29.7 Å². The molecular weight excluding hydrogens is 474 g/mol. The van der Waals surface area contributed by atoms with E-state index in [-0.39, 0.29) is 24.4 Å². The number of nitrogens with one attached hydrogen (secondary N) is 2. The fourth-order valence-corrected chi connectivity index (χ4v) is 4.48. The molecule has 0 aromatic heterocycles. The van der Waals surface area contributed by atoms with Gasteiger partial charge in [0.15, 0.2) is 0 Å². The second kappa shape index (κ2) is 11.4. The summed E-state index contributed by atoms with van der Waals surface area (Å²) in [6, 6.07) is 19.2. The summed E-state index contributed by atoms with van der Waals surface area (Å²) in [6.07, 6.45) is 1.98. The molecule has 190 valence electrons. The van der Waals surface area contributed by atoms with Crippen LogP contribution in [0.15, 0.2) is 66.7 Å². The van der Waals surface area contributed by atoms with Crippen LogP contribution in [0, 0.1) is 13.8 Å². The zero-order valence-corrected chi connectivity index (χ0v) is 22.1. The summed E-state index contributed by atoms with van der Waals surface area (Å²) in [5.41, 5.74) is 4.63. The van der Waals surface area contributed by atoms with Crippen LogP contribution in [0.5, 0.6) is 0 Å². The molecule has 0 fully saturated rings. The van der Waals surface area contributed by atoms with Gasteiger partial charge in [0.25, 0.3) is 11.8 Å². The molecule has 0 unspecified atom stereocenters. The predicted molar refractivity (Wildman–Crippen MR) is 145 cm³/mol. The average Bonchev–Trinajstić information content (AvgIpc) is 2.84. The van der Waals surface area contributed by atoms with Crippen molar-refractivity contribution < 1.29 is 18.0 Å². The van der Waals surface area contributed by atoms with Gasteiger partial charge in [-0.15, -0.1) is 0 Å². The summed E-state index contributed by atoms with van der Waals surface area (Å²) in [7, 11) is -3.52. The lowest BCUT2D eigenvalue weighted by atomic mass is 10.1. The minimum Gasteiger partial charge on any atom is -0.350 e. The molecule has 3 rings (SSSR count). The van der Waals surface area contributed by atoms with Crippen molar-refractivity contribution in [2.75, 3.05) is 15.9 Å².